The van der Waals surface area contributed by atoms with Gasteiger partial charge in [0.1, 0.15) is 11.5 Å². The highest BCUT2D eigenvalue weighted by atomic mass is 19.1. The molecule has 0 unspecified atom stereocenters. The number of carbonyl (C=O) groups is 2. The fourth-order valence-corrected chi connectivity index (χ4v) is 3.72. The molecule has 1 aliphatic rings. The number of anilines is 2. The number of aryl methyl sites for hydroxylation is 1. The molecule has 156 valence electrons. The van der Waals surface area contributed by atoms with Crippen LogP contribution in [0.1, 0.15) is 16.1 Å². The maximum atomic E-state index is 14.0. The Morgan fingerprint density at radius 1 is 1.10 bits per heavy atom. The van der Waals surface area contributed by atoms with E-state index >= 15 is 0 Å². The lowest BCUT2D eigenvalue weighted by molar-refractivity contribution is -0.132. The number of carbonyl (C=O) groups excluding carboxylic acids is 2. The molecular weight excluding hydrogens is 390 g/mol. The molecule has 1 fully saturated rings. The summed E-state index contributed by atoms with van der Waals surface area (Å²) in [5, 5.41) is 3.22. The fourth-order valence-electron chi connectivity index (χ4n) is 3.72. The Morgan fingerprint density at radius 3 is 2.57 bits per heavy atom. The molecule has 0 bridgehead atoms. The summed E-state index contributed by atoms with van der Waals surface area (Å²) >= 11 is 0. The van der Waals surface area contributed by atoms with E-state index in [1.807, 2.05) is 25.1 Å². The van der Waals surface area contributed by atoms with Crippen molar-refractivity contribution in [3.63, 3.8) is 0 Å². The van der Waals surface area contributed by atoms with Crippen molar-refractivity contribution in [2.24, 2.45) is 0 Å². The van der Waals surface area contributed by atoms with Crippen molar-refractivity contribution in [1.29, 1.82) is 0 Å². The van der Waals surface area contributed by atoms with Crippen molar-refractivity contribution in [1.82, 2.24) is 9.88 Å². The Bertz CT molecular complexity index is 1060. The smallest absolute Gasteiger partial charge is 0.272 e. The summed E-state index contributed by atoms with van der Waals surface area (Å²) in [5.41, 5.74) is 3.25. The van der Waals surface area contributed by atoms with Crippen molar-refractivity contribution in [2.75, 3.05) is 43.1 Å². The first-order chi connectivity index (χ1) is 14.5. The maximum absolute atomic E-state index is 14.0. The molecule has 2 N–H and O–H groups in total. The summed E-state index contributed by atoms with van der Waals surface area (Å²) in [5.74, 6) is -1.22. The van der Waals surface area contributed by atoms with Crippen LogP contribution < -0.4 is 10.2 Å². The molecule has 0 spiro atoms. The van der Waals surface area contributed by atoms with Crippen LogP contribution in [0.15, 0.2) is 42.5 Å². The molecule has 2 heterocycles. The van der Waals surface area contributed by atoms with Crippen molar-refractivity contribution >= 4 is 34.1 Å². The third-order valence-electron chi connectivity index (χ3n) is 5.41. The SMILES string of the molecule is Cc1ccc(F)c2cc(C(=O)Nc3cccc(N4CCN(C(=O)CF)CC4)c3)[nH]c12. The molecule has 1 aliphatic heterocycles. The number of hydrogen-bond donors (Lipinski definition) is 2. The number of amides is 2. The zero-order chi connectivity index (χ0) is 21.3. The van der Waals surface area contributed by atoms with Gasteiger partial charge in [-0.2, -0.15) is 0 Å². The summed E-state index contributed by atoms with van der Waals surface area (Å²) in [6.45, 7) is 2.97. The molecule has 2 amide bonds. The van der Waals surface area contributed by atoms with Gasteiger partial charge in [-0.1, -0.05) is 12.1 Å². The molecule has 0 atom stereocenters. The quantitative estimate of drug-likeness (QED) is 0.689. The number of nitrogens with one attached hydrogen (secondary N) is 2. The van der Waals surface area contributed by atoms with Gasteiger partial charge in [0.05, 0.1) is 5.52 Å². The standard InChI is InChI=1S/C22H22F2N4O2/c1-14-5-6-18(24)17-12-19(26-21(14)17)22(30)25-15-3-2-4-16(11-15)27-7-9-28(10-8-27)20(29)13-23/h2-6,11-12,26H,7-10,13H2,1H3,(H,25,30). The minimum Gasteiger partial charge on any atom is -0.368 e. The van der Waals surface area contributed by atoms with Crippen molar-refractivity contribution in [2.45, 2.75) is 6.92 Å². The van der Waals surface area contributed by atoms with Crippen LogP contribution in [0, 0.1) is 12.7 Å². The number of fused-ring (bicyclic) bond motifs is 1. The molecule has 0 saturated carbocycles. The fraction of sp³-hybridized carbons (Fsp3) is 0.273. The summed E-state index contributed by atoms with van der Waals surface area (Å²) in [7, 11) is 0. The number of halogens is 2. The third kappa shape index (κ3) is 3.85. The molecule has 6 nitrogen and oxygen atoms in total. The molecule has 3 aromatic rings. The Hall–Kier alpha value is -3.42. The highest BCUT2D eigenvalue weighted by Crippen LogP contribution is 2.24. The summed E-state index contributed by atoms with van der Waals surface area (Å²) in [6, 6.07) is 11.9. The van der Waals surface area contributed by atoms with Gasteiger partial charge in [-0.15, -0.1) is 0 Å². The molecule has 2 aromatic carbocycles. The molecular formula is C22H22F2N4O2. The topological polar surface area (TPSA) is 68.4 Å². The van der Waals surface area contributed by atoms with Crippen LogP contribution in [-0.4, -0.2) is 54.6 Å². The van der Waals surface area contributed by atoms with Gasteiger partial charge in [0.2, 0.25) is 0 Å². The second-order valence-corrected chi connectivity index (χ2v) is 7.34. The zero-order valence-electron chi connectivity index (χ0n) is 16.5. The summed E-state index contributed by atoms with van der Waals surface area (Å²) in [6.07, 6.45) is 0. The first kappa shape index (κ1) is 19.9. The average molecular weight is 412 g/mol. The van der Waals surface area contributed by atoms with E-state index in [0.29, 0.717) is 42.8 Å². The number of nitrogens with zero attached hydrogens (tertiary/aromatic N) is 2. The van der Waals surface area contributed by atoms with Gasteiger partial charge in [0.25, 0.3) is 11.8 Å². The number of aromatic nitrogens is 1. The number of H-pyrrole nitrogens is 1. The monoisotopic (exact) mass is 412 g/mol. The highest BCUT2D eigenvalue weighted by molar-refractivity contribution is 6.06. The minimum atomic E-state index is -0.974. The molecule has 30 heavy (non-hydrogen) atoms. The van der Waals surface area contributed by atoms with Gasteiger partial charge in [-0.25, -0.2) is 8.78 Å². The third-order valence-corrected chi connectivity index (χ3v) is 5.41. The van der Waals surface area contributed by atoms with E-state index in [0.717, 1.165) is 11.3 Å². The van der Waals surface area contributed by atoms with Gasteiger partial charge in [0, 0.05) is 42.9 Å². The molecule has 4 rings (SSSR count). The van der Waals surface area contributed by atoms with Gasteiger partial charge in [0.15, 0.2) is 6.67 Å². The lowest BCUT2D eigenvalue weighted by Gasteiger charge is -2.35. The first-order valence-corrected chi connectivity index (χ1v) is 9.74. The number of benzene rings is 2. The van der Waals surface area contributed by atoms with Crippen molar-refractivity contribution in [3.8, 4) is 0 Å². The lowest BCUT2D eigenvalue weighted by Crippen LogP contribution is -2.49. The number of aromatic amines is 1. The predicted octanol–water partition coefficient (Wildman–Crippen LogP) is 3.49. The second kappa shape index (κ2) is 8.14. The van der Waals surface area contributed by atoms with E-state index in [4.69, 9.17) is 0 Å². The van der Waals surface area contributed by atoms with Gasteiger partial charge >= 0.3 is 0 Å². The van der Waals surface area contributed by atoms with Crippen LogP contribution in [0.5, 0.6) is 0 Å². The van der Waals surface area contributed by atoms with Crippen LogP contribution >= 0.6 is 0 Å². The number of alkyl halides is 1. The average Bonchev–Trinajstić information content (AvgIpc) is 3.23. The van der Waals surface area contributed by atoms with Crippen LogP contribution in [0.3, 0.4) is 0 Å². The Labute approximate surface area is 172 Å². The second-order valence-electron chi connectivity index (χ2n) is 7.34. The van der Waals surface area contributed by atoms with Crippen molar-refractivity contribution < 1.29 is 18.4 Å². The lowest BCUT2D eigenvalue weighted by atomic mass is 10.1. The minimum absolute atomic E-state index is 0.280. The van der Waals surface area contributed by atoms with E-state index in [1.165, 1.54) is 17.0 Å². The number of rotatable bonds is 4. The van der Waals surface area contributed by atoms with Crippen LogP contribution in [0.4, 0.5) is 20.2 Å². The van der Waals surface area contributed by atoms with Gasteiger partial charge in [-0.05, 0) is 42.8 Å². The molecule has 0 aliphatic carbocycles. The number of piperazine rings is 1. The summed E-state index contributed by atoms with van der Waals surface area (Å²) in [4.78, 5) is 30.8. The van der Waals surface area contributed by atoms with Gasteiger partial charge < -0.3 is 20.1 Å². The molecule has 0 radical (unpaired) electrons. The Morgan fingerprint density at radius 2 is 1.87 bits per heavy atom. The predicted molar refractivity (Wildman–Crippen MR) is 112 cm³/mol. The zero-order valence-corrected chi connectivity index (χ0v) is 16.5. The molecule has 1 aromatic heterocycles. The maximum Gasteiger partial charge on any atom is 0.272 e. The first-order valence-electron chi connectivity index (χ1n) is 9.74. The number of hydrogen-bond acceptors (Lipinski definition) is 3. The summed E-state index contributed by atoms with van der Waals surface area (Å²) < 4.78 is 26.6. The Kier molecular flexibility index (Phi) is 5.39. The van der Waals surface area contributed by atoms with E-state index in [2.05, 4.69) is 15.2 Å². The normalized spacial score (nSPS) is 14.2. The van der Waals surface area contributed by atoms with E-state index in [9.17, 15) is 18.4 Å². The highest BCUT2D eigenvalue weighted by Gasteiger charge is 2.21. The van der Waals surface area contributed by atoms with Crippen LogP contribution in [0.2, 0.25) is 0 Å². The van der Waals surface area contributed by atoms with Crippen LogP contribution in [-0.2, 0) is 4.79 Å². The van der Waals surface area contributed by atoms with Gasteiger partial charge in [-0.3, -0.25) is 9.59 Å². The largest absolute Gasteiger partial charge is 0.368 e. The van der Waals surface area contributed by atoms with E-state index in [-0.39, 0.29) is 17.4 Å². The van der Waals surface area contributed by atoms with Crippen LogP contribution in [0.25, 0.3) is 10.9 Å². The van der Waals surface area contributed by atoms with Crippen molar-refractivity contribution in [3.05, 3.63) is 59.5 Å². The molecule has 8 heteroatoms. The Balaban J connectivity index is 1.47. The van der Waals surface area contributed by atoms with E-state index < -0.39 is 12.6 Å². The molecule has 1 saturated heterocycles. The van der Waals surface area contributed by atoms with E-state index in [1.54, 1.807) is 12.1 Å².